The minimum atomic E-state index is -3.39. The lowest BCUT2D eigenvalue weighted by molar-refractivity contribution is -0.143. The van der Waals surface area contributed by atoms with Crippen LogP contribution < -0.4 is 5.32 Å². The molecule has 1 aromatic carbocycles. The van der Waals surface area contributed by atoms with Crippen LogP contribution in [0.4, 0.5) is 0 Å². The first-order valence-corrected chi connectivity index (χ1v) is 7.93. The third-order valence-electron chi connectivity index (χ3n) is 3.03. The largest absolute Gasteiger partial charge is 0.480 e. The first-order valence-electron chi connectivity index (χ1n) is 6.38. The van der Waals surface area contributed by atoms with Crippen molar-refractivity contribution in [2.24, 2.45) is 0 Å². The molecule has 0 unspecified atom stereocenters. The Bertz CT molecular complexity index is 644. The van der Waals surface area contributed by atoms with E-state index in [-0.39, 0.29) is 10.5 Å². The third kappa shape index (κ3) is 3.81. The molecule has 2 N–H and O–H groups in total. The van der Waals surface area contributed by atoms with Gasteiger partial charge in [0.25, 0.3) is 5.91 Å². The lowest BCUT2D eigenvalue weighted by atomic mass is 10.1. The monoisotopic (exact) mass is 313 g/mol. The molecule has 0 aliphatic carbocycles. The summed E-state index contributed by atoms with van der Waals surface area (Å²) < 4.78 is 23.9. The van der Waals surface area contributed by atoms with Crippen LogP contribution in [0, 0.1) is 0 Å². The number of nitrogens with one attached hydrogen (secondary N) is 1. The van der Waals surface area contributed by atoms with Crippen LogP contribution >= 0.6 is 0 Å². The summed E-state index contributed by atoms with van der Waals surface area (Å²) in [6.07, 6.45) is 0. The Kier molecular flexibility index (Phi) is 4.78. The van der Waals surface area contributed by atoms with E-state index in [0.717, 1.165) is 0 Å². The Morgan fingerprint density at radius 3 is 2.00 bits per heavy atom. The summed E-state index contributed by atoms with van der Waals surface area (Å²) in [5, 5.41) is 10.8. The van der Waals surface area contributed by atoms with Gasteiger partial charge in [0.2, 0.25) is 0 Å². The number of carbonyl (C=O) groups is 2. The van der Waals surface area contributed by atoms with E-state index in [2.05, 4.69) is 5.32 Å². The Labute approximate surface area is 124 Å². The average molecular weight is 313 g/mol. The number of carbonyl (C=O) groups excluding carboxylic acids is 1. The number of aliphatic carboxylic acids is 1. The van der Waals surface area contributed by atoms with E-state index in [0.29, 0.717) is 0 Å². The second-order valence-electron chi connectivity index (χ2n) is 5.50. The van der Waals surface area contributed by atoms with Gasteiger partial charge in [-0.05, 0) is 52.0 Å². The van der Waals surface area contributed by atoms with Crippen molar-refractivity contribution in [3.05, 3.63) is 29.8 Å². The van der Waals surface area contributed by atoms with E-state index >= 15 is 0 Å². The fourth-order valence-electron chi connectivity index (χ4n) is 1.48. The molecule has 7 heteroatoms. The van der Waals surface area contributed by atoms with Crippen molar-refractivity contribution in [3.8, 4) is 0 Å². The Hall–Kier alpha value is -1.89. The molecule has 0 spiro atoms. The van der Waals surface area contributed by atoms with Gasteiger partial charge in [0.1, 0.15) is 5.54 Å². The molecule has 1 rings (SSSR count). The third-order valence-corrected chi connectivity index (χ3v) is 5.20. The van der Waals surface area contributed by atoms with Gasteiger partial charge in [0, 0.05) is 5.56 Å². The van der Waals surface area contributed by atoms with Gasteiger partial charge in [-0.1, -0.05) is 0 Å². The lowest BCUT2D eigenvalue weighted by Gasteiger charge is -2.21. The van der Waals surface area contributed by atoms with Crippen LogP contribution in [0.5, 0.6) is 0 Å². The van der Waals surface area contributed by atoms with E-state index in [1.54, 1.807) is 13.8 Å². The number of hydrogen-bond donors (Lipinski definition) is 2. The molecular formula is C14H19NO5S. The zero-order chi connectivity index (χ0) is 16.4. The molecule has 0 aliphatic heterocycles. The molecule has 0 saturated heterocycles. The molecule has 0 heterocycles. The van der Waals surface area contributed by atoms with Gasteiger partial charge in [-0.3, -0.25) is 4.79 Å². The normalized spacial score (nSPS) is 12.2. The molecule has 0 bridgehead atoms. The molecule has 0 aromatic heterocycles. The van der Waals surface area contributed by atoms with Gasteiger partial charge in [0.15, 0.2) is 9.84 Å². The van der Waals surface area contributed by atoms with E-state index in [9.17, 15) is 18.0 Å². The van der Waals surface area contributed by atoms with Crippen LogP contribution in [0.2, 0.25) is 0 Å². The van der Waals surface area contributed by atoms with Gasteiger partial charge in [-0.15, -0.1) is 0 Å². The first kappa shape index (κ1) is 17.2. The minimum Gasteiger partial charge on any atom is -0.480 e. The second-order valence-corrected chi connectivity index (χ2v) is 8.01. The zero-order valence-electron chi connectivity index (χ0n) is 12.4. The number of carboxylic acids is 1. The van der Waals surface area contributed by atoms with Crippen molar-refractivity contribution in [2.45, 2.75) is 43.4 Å². The smallest absolute Gasteiger partial charge is 0.328 e. The average Bonchev–Trinajstić information content (AvgIpc) is 2.37. The minimum absolute atomic E-state index is 0.131. The molecule has 0 radical (unpaired) electrons. The quantitative estimate of drug-likeness (QED) is 0.857. The molecular weight excluding hydrogens is 294 g/mol. The highest BCUT2D eigenvalue weighted by Gasteiger charge is 2.29. The summed E-state index contributed by atoms with van der Waals surface area (Å²) in [4.78, 5) is 23.0. The Morgan fingerprint density at radius 2 is 1.62 bits per heavy atom. The van der Waals surface area contributed by atoms with Gasteiger partial charge < -0.3 is 10.4 Å². The Morgan fingerprint density at radius 1 is 1.14 bits per heavy atom. The lowest BCUT2D eigenvalue weighted by Crippen LogP contribution is -2.49. The van der Waals surface area contributed by atoms with Crippen LogP contribution in [-0.4, -0.2) is 36.2 Å². The maximum atomic E-state index is 12.0. The first-order chi connectivity index (χ1) is 9.48. The molecule has 6 nitrogen and oxygen atoms in total. The Balaban J connectivity index is 2.99. The van der Waals surface area contributed by atoms with E-state index in [1.165, 1.54) is 38.1 Å². The molecule has 0 fully saturated rings. The van der Waals surface area contributed by atoms with Gasteiger partial charge in [0.05, 0.1) is 10.1 Å². The molecule has 116 valence electrons. The topological polar surface area (TPSA) is 101 Å². The van der Waals surface area contributed by atoms with E-state index in [1.807, 2.05) is 0 Å². The number of rotatable bonds is 5. The van der Waals surface area contributed by atoms with Crippen LogP contribution in [0.15, 0.2) is 29.2 Å². The van der Waals surface area contributed by atoms with E-state index < -0.39 is 32.5 Å². The molecule has 0 aliphatic rings. The molecule has 1 amide bonds. The zero-order valence-corrected chi connectivity index (χ0v) is 13.2. The van der Waals surface area contributed by atoms with Crippen LogP contribution in [0.1, 0.15) is 38.1 Å². The number of hydrogen-bond acceptors (Lipinski definition) is 4. The molecule has 0 saturated carbocycles. The summed E-state index contributed by atoms with van der Waals surface area (Å²) in [5.74, 6) is -1.73. The highest BCUT2D eigenvalue weighted by Crippen LogP contribution is 2.17. The van der Waals surface area contributed by atoms with Crippen LogP contribution in [0.3, 0.4) is 0 Å². The van der Waals surface area contributed by atoms with Crippen molar-refractivity contribution in [1.29, 1.82) is 0 Å². The molecule has 21 heavy (non-hydrogen) atoms. The highest BCUT2D eigenvalue weighted by molar-refractivity contribution is 7.92. The maximum absolute atomic E-state index is 12.0. The van der Waals surface area contributed by atoms with Crippen molar-refractivity contribution in [3.63, 3.8) is 0 Å². The van der Waals surface area contributed by atoms with Crippen molar-refractivity contribution in [2.75, 3.05) is 0 Å². The predicted molar refractivity (Wildman–Crippen MR) is 77.9 cm³/mol. The maximum Gasteiger partial charge on any atom is 0.328 e. The standard InChI is InChI=1S/C14H19NO5S/c1-9(2)21(19,20)11-7-5-10(6-8-11)12(16)15-14(3,4)13(17)18/h5-9H,1-4H3,(H,15,16)(H,17,18). The van der Waals surface area contributed by atoms with Crippen molar-refractivity contribution >= 4 is 21.7 Å². The fraction of sp³-hybridized carbons (Fsp3) is 0.429. The summed E-state index contributed by atoms with van der Waals surface area (Å²) in [7, 11) is -3.39. The summed E-state index contributed by atoms with van der Waals surface area (Å²) in [5.41, 5.74) is -1.20. The van der Waals surface area contributed by atoms with Gasteiger partial charge in [-0.2, -0.15) is 0 Å². The number of carboxylic acid groups (broad SMARTS) is 1. The van der Waals surface area contributed by atoms with Crippen LogP contribution in [-0.2, 0) is 14.6 Å². The van der Waals surface area contributed by atoms with Gasteiger partial charge >= 0.3 is 5.97 Å². The van der Waals surface area contributed by atoms with Crippen LogP contribution in [0.25, 0.3) is 0 Å². The summed E-state index contributed by atoms with van der Waals surface area (Å²) in [6.45, 7) is 5.88. The molecule has 0 atom stereocenters. The highest BCUT2D eigenvalue weighted by atomic mass is 32.2. The number of benzene rings is 1. The second kappa shape index (κ2) is 5.85. The SMILES string of the molecule is CC(C)S(=O)(=O)c1ccc(C(=O)NC(C)(C)C(=O)O)cc1. The van der Waals surface area contributed by atoms with Gasteiger partial charge in [-0.25, -0.2) is 13.2 Å². The summed E-state index contributed by atoms with van der Waals surface area (Å²) >= 11 is 0. The fourth-order valence-corrected chi connectivity index (χ4v) is 2.54. The predicted octanol–water partition coefficient (Wildman–Crippen LogP) is 1.46. The van der Waals surface area contributed by atoms with Crippen molar-refractivity contribution < 1.29 is 23.1 Å². The summed E-state index contributed by atoms with van der Waals surface area (Å²) in [6, 6.07) is 5.42. The molecule has 1 aromatic rings. The van der Waals surface area contributed by atoms with Crippen molar-refractivity contribution in [1.82, 2.24) is 5.32 Å². The number of sulfone groups is 1. The number of amides is 1. The van der Waals surface area contributed by atoms with E-state index in [4.69, 9.17) is 5.11 Å².